The lowest BCUT2D eigenvalue weighted by Gasteiger charge is -2.19. The number of hydrogen-bond donors (Lipinski definition) is 1. The number of hydrogen-bond acceptors (Lipinski definition) is 4. The smallest absolute Gasteiger partial charge is 0.216 e. The van der Waals surface area contributed by atoms with E-state index in [0.717, 1.165) is 30.7 Å². The van der Waals surface area contributed by atoms with Crippen LogP contribution in [0, 0.1) is 4.77 Å². The van der Waals surface area contributed by atoms with Crippen LogP contribution in [-0.4, -0.2) is 27.7 Å². The molecule has 0 spiro atoms. The first-order valence-corrected chi connectivity index (χ1v) is 9.61. The number of halogens is 1. The van der Waals surface area contributed by atoms with Crippen molar-refractivity contribution in [1.82, 2.24) is 14.9 Å². The maximum absolute atomic E-state index is 6.28. The predicted molar refractivity (Wildman–Crippen MR) is 103 cm³/mol. The molecule has 0 bridgehead atoms. The molecule has 1 fully saturated rings. The third-order valence-electron chi connectivity index (χ3n) is 4.39. The van der Waals surface area contributed by atoms with Gasteiger partial charge >= 0.3 is 0 Å². The van der Waals surface area contributed by atoms with E-state index in [-0.39, 0.29) is 0 Å². The molecule has 25 heavy (non-hydrogen) atoms. The second-order valence-electron chi connectivity index (χ2n) is 6.32. The molecule has 1 aromatic carbocycles. The Balaban J connectivity index is 1.79. The molecular formula is C18H23ClN4OS. The molecule has 134 valence electrons. The summed E-state index contributed by atoms with van der Waals surface area (Å²) in [7, 11) is 0. The normalized spacial score (nSPS) is 15.8. The second-order valence-corrected chi connectivity index (χ2v) is 7.11. The number of ether oxygens (including phenoxy) is 1. The summed E-state index contributed by atoms with van der Waals surface area (Å²) in [5, 5.41) is 12.4. The maximum atomic E-state index is 6.28. The highest BCUT2D eigenvalue weighted by molar-refractivity contribution is 7.71. The van der Waals surface area contributed by atoms with Crippen LogP contribution < -0.4 is 4.74 Å². The Kier molecular flexibility index (Phi) is 6.26. The SMILES string of the molecule is CCCOc1ccc(/C=N\n2c(C3CCCCC3)n[nH]c2=S)cc1Cl. The molecule has 0 radical (unpaired) electrons. The Labute approximate surface area is 158 Å². The molecule has 0 unspecified atom stereocenters. The Hall–Kier alpha value is -1.66. The summed E-state index contributed by atoms with van der Waals surface area (Å²) in [6.45, 7) is 2.72. The highest BCUT2D eigenvalue weighted by Gasteiger charge is 2.21. The lowest BCUT2D eigenvalue weighted by molar-refractivity contribution is 0.317. The molecule has 1 saturated carbocycles. The number of H-pyrrole nitrogens is 1. The van der Waals surface area contributed by atoms with Crippen LogP contribution in [0.15, 0.2) is 23.3 Å². The van der Waals surface area contributed by atoms with E-state index in [4.69, 9.17) is 28.6 Å². The fourth-order valence-electron chi connectivity index (χ4n) is 3.09. The lowest BCUT2D eigenvalue weighted by Crippen LogP contribution is -2.10. The van der Waals surface area contributed by atoms with E-state index in [1.807, 2.05) is 18.2 Å². The zero-order valence-corrected chi connectivity index (χ0v) is 15.9. The Bertz CT molecular complexity index is 793. The van der Waals surface area contributed by atoms with Crippen LogP contribution in [0.3, 0.4) is 0 Å². The van der Waals surface area contributed by atoms with E-state index < -0.39 is 0 Å². The molecule has 5 nitrogen and oxygen atoms in total. The van der Waals surface area contributed by atoms with E-state index in [9.17, 15) is 0 Å². The van der Waals surface area contributed by atoms with Gasteiger partial charge < -0.3 is 4.74 Å². The molecule has 0 saturated heterocycles. The molecule has 1 aromatic heterocycles. The van der Waals surface area contributed by atoms with E-state index in [1.165, 1.54) is 19.3 Å². The van der Waals surface area contributed by atoms with Gasteiger partial charge in [-0.25, -0.2) is 0 Å². The van der Waals surface area contributed by atoms with Crippen molar-refractivity contribution in [1.29, 1.82) is 0 Å². The molecule has 3 rings (SSSR count). The van der Waals surface area contributed by atoms with Gasteiger partial charge in [0.05, 0.1) is 17.8 Å². The summed E-state index contributed by atoms with van der Waals surface area (Å²) in [4.78, 5) is 0. The number of nitrogens with zero attached hydrogens (tertiary/aromatic N) is 3. The molecule has 0 atom stereocenters. The monoisotopic (exact) mass is 378 g/mol. The summed E-state index contributed by atoms with van der Waals surface area (Å²) in [6.07, 6.45) is 8.77. The predicted octanol–water partition coefficient (Wildman–Crippen LogP) is 5.31. The van der Waals surface area contributed by atoms with Gasteiger partial charge in [-0.2, -0.15) is 14.9 Å². The van der Waals surface area contributed by atoms with E-state index in [0.29, 0.717) is 28.1 Å². The van der Waals surface area contributed by atoms with Crippen molar-refractivity contribution < 1.29 is 4.74 Å². The first-order chi connectivity index (χ1) is 12.2. The van der Waals surface area contributed by atoms with Gasteiger partial charge in [0.2, 0.25) is 4.77 Å². The van der Waals surface area contributed by atoms with Gasteiger partial charge in [0.15, 0.2) is 5.82 Å². The molecule has 7 heteroatoms. The lowest BCUT2D eigenvalue weighted by atomic mass is 9.89. The van der Waals surface area contributed by atoms with Crippen molar-refractivity contribution in [3.8, 4) is 5.75 Å². The average molecular weight is 379 g/mol. The van der Waals surface area contributed by atoms with Gasteiger partial charge in [0.1, 0.15) is 5.75 Å². The van der Waals surface area contributed by atoms with Crippen molar-refractivity contribution in [2.45, 2.75) is 51.4 Å². The second kappa shape index (κ2) is 8.63. The van der Waals surface area contributed by atoms with E-state index >= 15 is 0 Å². The molecule has 1 aliphatic carbocycles. The summed E-state index contributed by atoms with van der Waals surface area (Å²) in [6, 6.07) is 5.65. The Morgan fingerprint density at radius 3 is 2.92 bits per heavy atom. The first-order valence-electron chi connectivity index (χ1n) is 8.83. The zero-order valence-electron chi connectivity index (χ0n) is 14.4. The average Bonchev–Trinajstić information content (AvgIpc) is 3.00. The van der Waals surface area contributed by atoms with Gasteiger partial charge in [-0.1, -0.05) is 37.8 Å². The van der Waals surface area contributed by atoms with E-state index in [2.05, 4.69) is 22.2 Å². The molecule has 2 aromatic rings. The van der Waals surface area contributed by atoms with Crippen LogP contribution in [-0.2, 0) is 0 Å². The third-order valence-corrected chi connectivity index (χ3v) is 4.95. The molecule has 0 amide bonds. The van der Waals surface area contributed by atoms with Crippen LogP contribution in [0.4, 0.5) is 0 Å². The van der Waals surface area contributed by atoms with Crippen LogP contribution in [0.2, 0.25) is 5.02 Å². The first kappa shape index (κ1) is 18.1. The van der Waals surface area contributed by atoms with Crippen molar-refractivity contribution in [2.75, 3.05) is 6.61 Å². The highest BCUT2D eigenvalue weighted by Crippen LogP contribution is 2.31. The minimum Gasteiger partial charge on any atom is -0.492 e. The van der Waals surface area contributed by atoms with E-state index in [1.54, 1.807) is 10.9 Å². The quantitative estimate of drug-likeness (QED) is 0.547. The molecule has 0 aliphatic heterocycles. The summed E-state index contributed by atoms with van der Waals surface area (Å²) < 4.78 is 7.85. The zero-order chi connectivity index (χ0) is 17.6. The van der Waals surface area contributed by atoms with Gasteiger partial charge in [-0.3, -0.25) is 5.10 Å². The van der Waals surface area contributed by atoms with Gasteiger partial charge in [0, 0.05) is 5.92 Å². The topological polar surface area (TPSA) is 55.2 Å². The van der Waals surface area contributed by atoms with Crippen LogP contribution in [0.25, 0.3) is 0 Å². The summed E-state index contributed by atoms with van der Waals surface area (Å²) in [5.74, 6) is 2.05. The Morgan fingerprint density at radius 2 is 2.20 bits per heavy atom. The fraction of sp³-hybridized carbons (Fsp3) is 0.500. The number of rotatable bonds is 6. The third kappa shape index (κ3) is 4.50. The maximum Gasteiger partial charge on any atom is 0.216 e. The van der Waals surface area contributed by atoms with Gasteiger partial charge in [-0.15, -0.1) is 0 Å². The van der Waals surface area contributed by atoms with Crippen LogP contribution in [0.5, 0.6) is 5.75 Å². The molecule has 1 heterocycles. The number of aromatic amines is 1. The molecular weight excluding hydrogens is 356 g/mol. The van der Waals surface area contributed by atoms with Crippen molar-refractivity contribution >= 4 is 30.0 Å². The van der Waals surface area contributed by atoms with Crippen LogP contribution in [0.1, 0.15) is 62.8 Å². The number of aromatic nitrogens is 3. The molecule has 1 N–H and O–H groups in total. The van der Waals surface area contributed by atoms with Gasteiger partial charge in [-0.05, 0) is 55.2 Å². The van der Waals surface area contributed by atoms with Crippen molar-refractivity contribution in [3.63, 3.8) is 0 Å². The summed E-state index contributed by atoms with van der Waals surface area (Å²) >= 11 is 11.6. The fourth-order valence-corrected chi connectivity index (χ4v) is 3.52. The summed E-state index contributed by atoms with van der Waals surface area (Å²) in [5.41, 5.74) is 0.895. The largest absolute Gasteiger partial charge is 0.492 e. The minimum atomic E-state index is 0.423. The Morgan fingerprint density at radius 1 is 1.40 bits per heavy atom. The van der Waals surface area contributed by atoms with Crippen molar-refractivity contribution in [3.05, 3.63) is 39.4 Å². The minimum absolute atomic E-state index is 0.423. The molecule has 1 aliphatic rings. The highest BCUT2D eigenvalue weighted by atomic mass is 35.5. The number of nitrogens with one attached hydrogen (secondary N) is 1. The standard InChI is InChI=1S/C18H23ClN4OS/c1-2-10-24-16-9-8-13(11-15(16)19)12-20-23-17(21-22-18(23)25)14-6-4-3-5-7-14/h8-9,11-12,14H,2-7,10H2,1H3,(H,22,25)/b20-12-. The van der Waals surface area contributed by atoms with Gasteiger partial charge in [0.25, 0.3) is 0 Å². The van der Waals surface area contributed by atoms with Crippen molar-refractivity contribution in [2.24, 2.45) is 5.10 Å². The number of benzene rings is 1. The van der Waals surface area contributed by atoms with Crippen LogP contribution >= 0.6 is 23.8 Å².